The van der Waals surface area contributed by atoms with Gasteiger partial charge < -0.3 is 19.3 Å². The Balaban J connectivity index is 1.57. The third kappa shape index (κ3) is 3.18. The van der Waals surface area contributed by atoms with Crippen molar-refractivity contribution in [2.24, 2.45) is 0 Å². The Kier molecular flexibility index (Phi) is 4.31. The van der Waals surface area contributed by atoms with Crippen molar-refractivity contribution in [1.29, 1.82) is 0 Å². The first-order valence-corrected chi connectivity index (χ1v) is 7.66. The maximum atomic E-state index is 5.65. The van der Waals surface area contributed by atoms with E-state index in [9.17, 15) is 0 Å². The number of piperidine rings is 1. The van der Waals surface area contributed by atoms with E-state index in [0.717, 1.165) is 24.6 Å². The SMILES string of the molecule is CN(CCN1CCCCC1)c1ccc2c(c1)OCCO2. The summed E-state index contributed by atoms with van der Waals surface area (Å²) in [7, 11) is 2.15. The normalized spacial score (nSPS) is 18.9. The summed E-state index contributed by atoms with van der Waals surface area (Å²) < 4.78 is 11.2. The van der Waals surface area contributed by atoms with E-state index in [2.05, 4.69) is 29.0 Å². The number of rotatable bonds is 4. The molecular weight excluding hydrogens is 252 g/mol. The molecule has 0 amide bonds. The lowest BCUT2D eigenvalue weighted by atomic mass is 10.1. The third-order valence-electron chi connectivity index (χ3n) is 4.17. The Labute approximate surface area is 121 Å². The number of likely N-dealkylation sites (N-methyl/N-ethyl adjacent to an activating group) is 1. The van der Waals surface area contributed by atoms with Crippen LogP contribution in [0.1, 0.15) is 19.3 Å². The molecule has 4 heteroatoms. The molecule has 20 heavy (non-hydrogen) atoms. The largest absolute Gasteiger partial charge is 0.486 e. The lowest BCUT2D eigenvalue weighted by Crippen LogP contribution is -2.36. The highest BCUT2D eigenvalue weighted by molar-refractivity contribution is 5.56. The fourth-order valence-electron chi connectivity index (χ4n) is 2.87. The number of benzene rings is 1. The Morgan fingerprint density at radius 2 is 1.80 bits per heavy atom. The zero-order chi connectivity index (χ0) is 13.8. The summed E-state index contributed by atoms with van der Waals surface area (Å²) in [6.45, 7) is 6.01. The summed E-state index contributed by atoms with van der Waals surface area (Å²) in [4.78, 5) is 4.87. The Morgan fingerprint density at radius 1 is 1.05 bits per heavy atom. The van der Waals surface area contributed by atoms with Gasteiger partial charge in [0.15, 0.2) is 11.5 Å². The smallest absolute Gasteiger partial charge is 0.163 e. The molecule has 0 bridgehead atoms. The van der Waals surface area contributed by atoms with E-state index in [1.54, 1.807) is 0 Å². The van der Waals surface area contributed by atoms with Crippen molar-refractivity contribution in [3.05, 3.63) is 18.2 Å². The van der Waals surface area contributed by atoms with E-state index in [0.29, 0.717) is 13.2 Å². The van der Waals surface area contributed by atoms with E-state index >= 15 is 0 Å². The van der Waals surface area contributed by atoms with Gasteiger partial charge in [-0.05, 0) is 38.1 Å². The van der Waals surface area contributed by atoms with Gasteiger partial charge in [0, 0.05) is 31.9 Å². The number of hydrogen-bond donors (Lipinski definition) is 0. The second-order valence-electron chi connectivity index (χ2n) is 5.65. The Bertz CT molecular complexity index is 444. The molecule has 0 unspecified atom stereocenters. The van der Waals surface area contributed by atoms with Crippen LogP contribution in [0.2, 0.25) is 0 Å². The van der Waals surface area contributed by atoms with Gasteiger partial charge in [0.05, 0.1) is 0 Å². The molecule has 1 fully saturated rings. The minimum Gasteiger partial charge on any atom is -0.486 e. The number of anilines is 1. The summed E-state index contributed by atoms with van der Waals surface area (Å²) in [6.07, 6.45) is 4.11. The maximum absolute atomic E-state index is 5.65. The van der Waals surface area contributed by atoms with Crippen molar-refractivity contribution in [1.82, 2.24) is 4.90 Å². The second-order valence-corrected chi connectivity index (χ2v) is 5.65. The summed E-state index contributed by atoms with van der Waals surface area (Å²) in [5.41, 5.74) is 1.20. The lowest BCUT2D eigenvalue weighted by molar-refractivity contribution is 0.171. The number of hydrogen-bond acceptors (Lipinski definition) is 4. The zero-order valence-corrected chi connectivity index (χ0v) is 12.3. The molecule has 2 aliphatic rings. The molecule has 2 aliphatic heterocycles. The molecule has 1 aromatic carbocycles. The molecule has 0 atom stereocenters. The van der Waals surface area contributed by atoms with Crippen LogP contribution >= 0.6 is 0 Å². The van der Waals surface area contributed by atoms with Crippen molar-refractivity contribution in [2.75, 3.05) is 51.3 Å². The Morgan fingerprint density at radius 3 is 2.60 bits per heavy atom. The van der Waals surface area contributed by atoms with Crippen LogP contribution in [0.5, 0.6) is 11.5 Å². The predicted octanol–water partition coefficient (Wildman–Crippen LogP) is 2.38. The topological polar surface area (TPSA) is 24.9 Å². The molecule has 2 heterocycles. The van der Waals surface area contributed by atoms with E-state index in [4.69, 9.17) is 9.47 Å². The fraction of sp³-hybridized carbons (Fsp3) is 0.625. The fourth-order valence-corrected chi connectivity index (χ4v) is 2.87. The van der Waals surface area contributed by atoms with Gasteiger partial charge in [0.2, 0.25) is 0 Å². The highest BCUT2D eigenvalue weighted by Crippen LogP contribution is 2.33. The monoisotopic (exact) mass is 276 g/mol. The molecule has 1 saturated heterocycles. The molecule has 0 spiro atoms. The van der Waals surface area contributed by atoms with Crippen LogP contribution in [-0.2, 0) is 0 Å². The predicted molar refractivity (Wildman–Crippen MR) is 81.0 cm³/mol. The first-order valence-electron chi connectivity index (χ1n) is 7.66. The first-order chi connectivity index (χ1) is 9.83. The van der Waals surface area contributed by atoms with Crippen molar-refractivity contribution in [3.63, 3.8) is 0 Å². The van der Waals surface area contributed by atoms with Crippen molar-refractivity contribution in [3.8, 4) is 11.5 Å². The van der Waals surface area contributed by atoms with E-state index in [-0.39, 0.29) is 0 Å². The van der Waals surface area contributed by atoms with Gasteiger partial charge in [-0.1, -0.05) is 6.42 Å². The molecular formula is C16H24N2O2. The minimum absolute atomic E-state index is 0.647. The first kappa shape index (κ1) is 13.6. The van der Waals surface area contributed by atoms with Gasteiger partial charge in [-0.3, -0.25) is 0 Å². The zero-order valence-electron chi connectivity index (χ0n) is 12.3. The van der Waals surface area contributed by atoms with Crippen LogP contribution in [0, 0.1) is 0 Å². The maximum Gasteiger partial charge on any atom is 0.163 e. The average molecular weight is 276 g/mol. The van der Waals surface area contributed by atoms with Crippen LogP contribution in [-0.4, -0.2) is 51.3 Å². The molecule has 0 saturated carbocycles. The molecule has 1 aromatic rings. The third-order valence-corrected chi connectivity index (χ3v) is 4.17. The van der Waals surface area contributed by atoms with Gasteiger partial charge in [-0.25, -0.2) is 0 Å². The van der Waals surface area contributed by atoms with E-state index < -0.39 is 0 Å². The minimum atomic E-state index is 0.647. The summed E-state index contributed by atoms with van der Waals surface area (Å²) >= 11 is 0. The highest BCUT2D eigenvalue weighted by Gasteiger charge is 2.14. The number of ether oxygens (including phenoxy) is 2. The second kappa shape index (κ2) is 6.35. The molecule has 4 nitrogen and oxygen atoms in total. The van der Waals surface area contributed by atoms with Crippen LogP contribution in [0.25, 0.3) is 0 Å². The average Bonchev–Trinajstić information content (AvgIpc) is 2.53. The summed E-state index contributed by atoms with van der Waals surface area (Å²) in [5.74, 6) is 1.74. The van der Waals surface area contributed by atoms with Crippen LogP contribution in [0.4, 0.5) is 5.69 Å². The van der Waals surface area contributed by atoms with E-state index in [1.807, 2.05) is 6.07 Å². The standard InChI is InChI=1S/C16H24N2O2/c1-17(9-10-18-7-3-2-4-8-18)14-5-6-15-16(13-14)20-12-11-19-15/h5-6,13H,2-4,7-12H2,1H3. The van der Waals surface area contributed by atoms with Crippen molar-refractivity contribution in [2.45, 2.75) is 19.3 Å². The number of fused-ring (bicyclic) bond motifs is 1. The quantitative estimate of drug-likeness (QED) is 0.843. The van der Waals surface area contributed by atoms with Gasteiger partial charge in [-0.15, -0.1) is 0 Å². The molecule has 3 rings (SSSR count). The molecule has 110 valence electrons. The van der Waals surface area contributed by atoms with Crippen molar-refractivity contribution >= 4 is 5.69 Å². The molecule has 0 radical (unpaired) electrons. The lowest BCUT2D eigenvalue weighted by Gasteiger charge is -2.29. The Hall–Kier alpha value is -1.42. The van der Waals surface area contributed by atoms with Crippen molar-refractivity contribution < 1.29 is 9.47 Å². The van der Waals surface area contributed by atoms with Crippen LogP contribution in [0.15, 0.2) is 18.2 Å². The summed E-state index contributed by atoms with van der Waals surface area (Å²) in [6, 6.07) is 6.22. The highest BCUT2D eigenvalue weighted by atomic mass is 16.6. The van der Waals surface area contributed by atoms with Crippen LogP contribution < -0.4 is 14.4 Å². The van der Waals surface area contributed by atoms with E-state index in [1.165, 1.54) is 38.0 Å². The number of nitrogens with zero attached hydrogens (tertiary/aromatic N) is 2. The van der Waals surface area contributed by atoms with Crippen LogP contribution in [0.3, 0.4) is 0 Å². The summed E-state index contributed by atoms with van der Waals surface area (Å²) in [5, 5.41) is 0. The molecule has 0 aliphatic carbocycles. The molecule has 0 aromatic heterocycles. The van der Waals surface area contributed by atoms with Gasteiger partial charge >= 0.3 is 0 Å². The molecule has 0 N–H and O–H groups in total. The van der Waals surface area contributed by atoms with Gasteiger partial charge in [0.25, 0.3) is 0 Å². The number of likely N-dealkylation sites (tertiary alicyclic amines) is 1. The van der Waals surface area contributed by atoms with Gasteiger partial charge in [-0.2, -0.15) is 0 Å². The van der Waals surface area contributed by atoms with Gasteiger partial charge in [0.1, 0.15) is 13.2 Å².